The van der Waals surface area contributed by atoms with Gasteiger partial charge in [-0.05, 0) is 19.3 Å². The molecule has 2 fully saturated rings. The Hall–Kier alpha value is 0.0700. The van der Waals surface area contributed by atoms with Crippen LogP contribution >= 0.6 is 7.82 Å². The molecule has 0 amide bonds. The van der Waals surface area contributed by atoms with Gasteiger partial charge in [0.05, 0.1) is 20.6 Å². The molecule has 0 aromatic heterocycles. The molecule has 2 saturated heterocycles. The van der Waals surface area contributed by atoms with E-state index in [2.05, 4.69) is 21.0 Å². The Labute approximate surface area is 199 Å². The maximum Gasteiger partial charge on any atom is 0.480 e. The SMILES string of the molecule is CCCCCCCCCCCCCCCCCCC12OP(=O)(OC)OC1CCC[N+]2(C)C. The summed E-state index contributed by atoms with van der Waals surface area (Å²) >= 11 is 0. The Morgan fingerprint density at radius 3 is 1.78 bits per heavy atom. The summed E-state index contributed by atoms with van der Waals surface area (Å²) in [6, 6.07) is 0. The molecule has 0 bridgehead atoms. The predicted molar refractivity (Wildman–Crippen MR) is 134 cm³/mol. The fourth-order valence-electron chi connectivity index (χ4n) is 5.67. The molecule has 0 radical (unpaired) electrons. The first-order chi connectivity index (χ1) is 15.4. The number of unbranched alkanes of at least 4 members (excludes halogenated alkanes) is 15. The second-order valence-electron chi connectivity index (χ2n) is 10.8. The molecule has 2 aliphatic rings. The zero-order valence-electron chi connectivity index (χ0n) is 21.7. The van der Waals surface area contributed by atoms with Crippen molar-refractivity contribution < 1.29 is 22.6 Å². The normalized spacial score (nSPS) is 29.3. The molecular formula is C26H53NO4P+. The smallest absolute Gasteiger partial charge is 0.298 e. The fourth-order valence-corrected chi connectivity index (χ4v) is 7.27. The summed E-state index contributed by atoms with van der Waals surface area (Å²) in [6.07, 6.45) is 24.7. The van der Waals surface area contributed by atoms with Crippen molar-refractivity contribution in [3.05, 3.63) is 0 Å². The van der Waals surface area contributed by atoms with Crippen molar-refractivity contribution in [2.75, 3.05) is 27.7 Å². The lowest BCUT2D eigenvalue weighted by Crippen LogP contribution is -2.67. The van der Waals surface area contributed by atoms with Crippen LogP contribution in [0.5, 0.6) is 0 Å². The maximum atomic E-state index is 12.7. The van der Waals surface area contributed by atoms with Crippen LogP contribution in [-0.2, 0) is 18.1 Å². The van der Waals surface area contributed by atoms with Crippen LogP contribution in [0.4, 0.5) is 0 Å². The quantitative estimate of drug-likeness (QED) is 0.114. The van der Waals surface area contributed by atoms with Crippen molar-refractivity contribution in [3.8, 4) is 0 Å². The number of likely N-dealkylation sites (N-methyl/N-ethyl adjacent to an activating group) is 1. The number of rotatable bonds is 18. The molecule has 0 aliphatic carbocycles. The number of fused-ring (bicyclic) bond motifs is 1. The first kappa shape index (κ1) is 28.3. The Morgan fingerprint density at radius 1 is 0.844 bits per heavy atom. The van der Waals surface area contributed by atoms with Gasteiger partial charge in [0, 0.05) is 13.5 Å². The van der Waals surface area contributed by atoms with Crippen LogP contribution in [0.3, 0.4) is 0 Å². The van der Waals surface area contributed by atoms with Crippen molar-refractivity contribution in [1.82, 2.24) is 0 Å². The molecule has 2 heterocycles. The van der Waals surface area contributed by atoms with Gasteiger partial charge in [0.25, 0.3) is 0 Å². The third-order valence-corrected chi connectivity index (χ3v) is 9.35. The van der Waals surface area contributed by atoms with Crippen molar-refractivity contribution in [1.29, 1.82) is 0 Å². The summed E-state index contributed by atoms with van der Waals surface area (Å²) in [5.74, 6) is 0. The van der Waals surface area contributed by atoms with Crippen LogP contribution in [0.1, 0.15) is 129 Å². The Balaban J connectivity index is 1.51. The molecule has 0 saturated carbocycles. The number of quaternary nitrogens is 1. The molecule has 0 aromatic carbocycles. The van der Waals surface area contributed by atoms with Gasteiger partial charge in [-0.3, -0.25) is 13.5 Å². The molecule has 2 aliphatic heterocycles. The Bertz CT molecular complexity index is 556. The highest BCUT2D eigenvalue weighted by molar-refractivity contribution is 7.48. The van der Waals surface area contributed by atoms with Gasteiger partial charge in [-0.25, -0.2) is 9.09 Å². The van der Waals surface area contributed by atoms with Crippen LogP contribution in [0, 0.1) is 0 Å². The highest BCUT2D eigenvalue weighted by Gasteiger charge is 2.66. The van der Waals surface area contributed by atoms with E-state index in [4.69, 9.17) is 13.6 Å². The van der Waals surface area contributed by atoms with E-state index in [0.29, 0.717) is 4.48 Å². The third-order valence-electron chi connectivity index (χ3n) is 7.85. The van der Waals surface area contributed by atoms with Gasteiger partial charge in [-0.15, -0.1) is 0 Å². The lowest BCUT2D eigenvalue weighted by molar-refractivity contribution is -0.970. The van der Waals surface area contributed by atoms with Crippen molar-refractivity contribution in [3.63, 3.8) is 0 Å². The number of piperidine rings is 1. The molecular weight excluding hydrogens is 421 g/mol. The van der Waals surface area contributed by atoms with Gasteiger partial charge >= 0.3 is 7.82 Å². The summed E-state index contributed by atoms with van der Waals surface area (Å²) in [6.45, 7) is 3.32. The van der Waals surface area contributed by atoms with E-state index in [1.165, 1.54) is 103 Å². The minimum atomic E-state index is -3.41. The summed E-state index contributed by atoms with van der Waals surface area (Å²) in [5.41, 5.74) is -0.514. The van der Waals surface area contributed by atoms with Crippen molar-refractivity contribution in [2.24, 2.45) is 0 Å². The lowest BCUT2D eigenvalue weighted by Gasteiger charge is -2.49. The van der Waals surface area contributed by atoms with Crippen LogP contribution in [0.2, 0.25) is 0 Å². The number of phosphoric ester groups is 1. The Morgan fingerprint density at radius 2 is 1.31 bits per heavy atom. The molecule has 6 heteroatoms. The topological polar surface area (TPSA) is 44.8 Å². The fraction of sp³-hybridized carbons (Fsp3) is 1.00. The van der Waals surface area contributed by atoms with E-state index < -0.39 is 13.5 Å². The van der Waals surface area contributed by atoms with Gasteiger partial charge in [0.2, 0.25) is 5.72 Å². The first-order valence-electron chi connectivity index (χ1n) is 13.8. The second kappa shape index (κ2) is 14.5. The van der Waals surface area contributed by atoms with Gasteiger partial charge in [0.1, 0.15) is 0 Å². The van der Waals surface area contributed by atoms with E-state index >= 15 is 0 Å². The largest absolute Gasteiger partial charge is 0.480 e. The van der Waals surface area contributed by atoms with E-state index in [1.54, 1.807) is 0 Å². The van der Waals surface area contributed by atoms with Crippen molar-refractivity contribution in [2.45, 2.75) is 141 Å². The van der Waals surface area contributed by atoms with Crippen LogP contribution in [0.25, 0.3) is 0 Å². The van der Waals surface area contributed by atoms with Gasteiger partial charge < -0.3 is 0 Å². The van der Waals surface area contributed by atoms with Gasteiger partial charge in [-0.2, -0.15) is 0 Å². The summed E-state index contributed by atoms with van der Waals surface area (Å²) in [5, 5.41) is 0. The molecule has 5 nitrogen and oxygen atoms in total. The third kappa shape index (κ3) is 8.38. The molecule has 2 rings (SSSR count). The summed E-state index contributed by atoms with van der Waals surface area (Å²) in [4.78, 5) is 0. The number of hydrogen-bond acceptors (Lipinski definition) is 4. The van der Waals surface area contributed by atoms with E-state index in [1.807, 2.05) is 0 Å². The van der Waals surface area contributed by atoms with Gasteiger partial charge in [0.15, 0.2) is 6.10 Å². The highest BCUT2D eigenvalue weighted by atomic mass is 31.2. The van der Waals surface area contributed by atoms with Gasteiger partial charge in [-0.1, -0.05) is 103 Å². The molecule has 32 heavy (non-hydrogen) atoms. The number of hydrogen-bond donors (Lipinski definition) is 0. The molecule has 0 N–H and O–H groups in total. The highest BCUT2D eigenvalue weighted by Crippen LogP contribution is 2.65. The maximum absolute atomic E-state index is 12.7. The Kier molecular flexibility index (Phi) is 12.8. The van der Waals surface area contributed by atoms with Crippen LogP contribution < -0.4 is 0 Å². The average Bonchev–Trinajstić information content (AvgIpc) is 3.08. The summed E-state index contributed by atoms with van der Waals surface area (Å²) < 4.78 is 30.5. The molecule has 3 atom stereocenters. The monoisotopic (exact) mass is 474 g/mol. The zero-order chi connectivity index (χ0) is 23.3. The van der Waals surface area contributed by atoms with E-state index in [0.717, 1.165) is 32.2 Å². The molecule has 190 valence electrons. The van der Waals surface area contributed by atoms with E-state index in [-0.39, 0.29) is 6.10 Å². The predicted octanol–water partition coefficient (Wildman–Crippen LogP) is 8.37. The van der Waals surface area contributed by atoms with E-state index in [9.17, 15) is 4.57 Å². The number of likely N-dealkylation sites (tertiary alicyclic amines) is 1. The lowest BCUT2D eigenvalue weighted by atomic mass is 9.88. The first-order valence-corrected chi connectivity index (χ1v) is 15.2. The molecule has 0 spiro atoms. The standard InChI is InChI=1S/C26H53NO4P/c1-5-6-7-8-9-10-11-12-13-14-15-16-17-18-19-20-23-26-25(22-21-24-27(26,2)3)30-32(28,29-4)31-26/h25H,5-24H2,1-4H3/q+1. The summed E-state index contributed by atoms with van der Waals surface area (Å²) in [7, 11) is 2.40. The van der Waals surface area contributed by atoms with Crippen molar-refractivity contribution >= 4 is 7.82 Å². The molecule has 0 aromatic rings. The average molecular weight is 475 g/mol. The second-order valence-corrected chi connectivity index (χ2v) is 12.4. The number of phosphoric acid groups is 1. The van der Waals surface area contributed by atoms with Crippen LogP contribution in [-0.4, -0.2) is 44.1 Å². The zero-order valence-corrected chi connectivity index (χ0v) is 22.6. The number of nitrogens with zero attached hydrogens (tertiary/aromatic N) is 1. The molecule has 3 unspecified atom stereocenters. The minimum absolute atomic E-state index is 0.117. The van der Waals surface area contributed by atoms with Crippen LogP contribution in [0.15, 0.2) is 0 Å². The minimum Gasteiger partial charge on any atom is -0.298 e.